The van der Waals surface area contributed by atoms with Crippen molar-refractivity contribution >= 4 is 88.3 Å². The number of carbonyl (C=O) groups is 11. The zero-order chi connectivity index (χ0) is 76.8. The van der Waals surface area contributed by atoms with E-state index in [4.69, 9.17) is 19.7 Å². The number of hydrogen-bond acceptors (Lipinski definition) is 18. The lowest BCUT2D eigenvalue weighted by Gasteiger charge is -2.41. The Morgan fingerprint density at radius 3 is 1.71 bits per heavy atom. The number of allylic oxidation sites excluding steroid dienone is 2. The molecule has 3 rings (SSSR count). The number of fused-ring (bicyclic) bond motifs is 1. The van der Waals surface area contributed by atoms with Crippen LogP contribution in [0.5, 0.6) is 0 Å². The van der Waals surface area contributed by atoms with Crippen LogP contribution in [-0.4, -0.2) is 251 Å². The molecule has 1 aromatic carbocycles. The number of ether oxygens (including phenoxy) is 1. The number of amides is 11. The van der Waals surface area contributed by atoms with Gasteiger partial charge in [-0.3, -0.25) is 52.7 Å². The Hall–Kier alpha value is -8.21. The molecular formula is C72H120N14O15. The number of carbonyl (C=O) groups excluding carboxylic acids is 11. The SMILES string of the molecule is C/C=C/C[C@@H](C)[C@@H](O)[C@H]1C(=O)N[C@@H](CC)C(=O)N(C)CC(=O)N(C)[C@@H]([C@@H](C)OCCC/C=N/OCc2ccc3oc(N)nc3c2)C(=O)N[C@@H](C(C)C)C(=O)N(C)[C@@H](CC(C)C)C(=O)N[C@@H](C)C(=O)N[C@H](C)C(=O)N(C)[C@@H](CC(C)C)C(=O)N(C)[C@H](CC(C)C)C(=O)N(C)[C@@H](C(C)C)C(=O)N1C. The van der Waals surface area contributed by atoms with Crippen LogP contribution in [0.1, 0.15) is 161 Å². The molecule has 1 aliphatic heterocycles. The van der Waals surface area contributed by atoms with Crippen molar-refractivity contribution in [3.63, 3.8) is 0 Å². The zero-order valence-corrected chi connectivity index (χ0v) is 64.2. The quantitative estimate of drug-likeness (QED) is 0.0413. The highest BCUT2D eigenvalue weighted by Crippen LogP contribution is 2.26. The van der Waals surface area contributed by atoms with Gasteiger partial charge in [0, 0.05) is 62.2 Å². The van der Waals surface area contributed by atoms with Crippen LogP contribution in [0.25, 0.3) is 11.1 Å². The molecule has 101 heavy (non-hydrogen) atoms. The Balaban J connectivity index is 2.24. The van der Waals surface area contributed by atoms with Gasteiger partial charge in [0.1, 0.15) is 72.5 Å². The van der Waals surface area contributed by atoms with Gasteiger partial charge in [-0.25, -0.2) is 0 Å². The van der Waals surface area contributed by atoms with Gasteiger partial charge in [0.2, 0.25) is 65.0 Å². The van der Waals surface area contributed by atoms with E-state index in [0.717, 1.165) is 20.3 Å². The molecule has 11 amide bonds. The number of aliphatic hydroxyl groups excluding tert-OH is 1. The summed E-state index contributed by atoms with van der Waals surface area (Å²) in [5.74, 6) is -10.4. The van der Waals surface area contributed by atoms with Gasteiger partial charge < -0.3 is 80.4 Å². The lowest BCUT2D eigenvalue weighted by Crippen LogP contribution is -2.63. The van der Waals surface area contributed by atoms with Gasteiger partial charge in [0.25, 0.3) is 6.01 Å². The second kappa shape index (κ2) is 40.4. The number of aromatic nitrogens is 1. The lowest BCUT2D eigenvalue weighted by molar-refractivity contribution is -0.157. The Labute approximate surface area is 598 Å². The van der Waals surface area contributed by atoms with E-state index in [1.807, 2.05) is 41.5 Å². The smallest absolute Gasteiger partial charge is 0.292 e. The first-order chi connectivity index (χ1) is 47.1. The van der Waals surface area contributed by atoms with Crippen LogP contribution in [0.4, 0.5) is 6.01 Å². The number of oxazole rings is 1. The van der Waals surface area contributed by atoms with Gasteiger partial charge in [0.05, 0.1) is 18.8 Å². The third kappa shape index (κ3) is 24.5. The fourth-order valence-corrected chi connectivity index (χ4v) is 12.3. The van der Waals surface area contributed by atoms with Gasteiger partial charge in [0.15, 0.2) is 5.58 Å². The Morgan fingerprint density at radius 1 is 0.624 bits per heavy atom. The minimum Gasteiger partial charge on any atom is -0.424 e. The van der Waals surface area contributed by atoms with Gasteiger partial charge in [-0.1, -0.05) is 106 Å². The lowest BCUT2D eigenvalue weighted by atomic mass is 9.91. The standard InChI is InChI=1S/C72H120N14O15/c1-24-26-29-45(13)61(88)60-65(92)77-50(25-2)67(94)80(17)38-56(87)84(21)59(48(16)99-33-28-27-32-74-100-39-49-30-31-55-51(37-49)78-72(73)101-55)64(91)79-57(43(9)10)70(97)81(18)52(34-40(3)4)63(90)75-46(14)62(89)76-47(15)66(93)82(19)53(35-41(5)6)68(95)83(20)54(36-42(7)8)69(96)85(22)58(44(11)12)71(98)86(60)23/h24,26,30-32,37,40-48,50,52-54,57-61,88H,25,27-29,33-36,38-39H2,1-23H3,(H2,73,78)(H,75,90)(H,76,89)(H,77,92)(H,79,91)/b26-24+,74-32+/t45-,46+,47-,48-,50+,52+,53+,54-,57+,58+,59+,60+,61-/m1/s1. The number of oxime groups is 1. The van der Waals surface area contributed by atoms with Crippen LogP contribution >= 0.6 is 0 Å². The van der Waals surface area contributed by atoms with Crippen LogP contribution in [-0.2, 0) is 68.9 Å². The fraction of sp³-hybridized carbons (Fsp3) is 0.708. The highest BCUT2D eigenvalue weighted by Gasteiger charge is 2.46. The summed E-state index contributed by atoms with van der Waals surface area (Å²) in [5, 5.41) is 27.3. The number of likely N-dealkylation sites (N-methyl/N-ethyl adjacent to an activating group) is 7. The van der Waals surface area contributed by atoms with Crippen molar-refractivity contribution in [2.45, 2.75) is 235 Å². The molecule has 1 aromatic heterocycles. The summed E-state index contributed by atoms with van der Waals surface area (Å²) in [6, 6.07) is -7.81. The highest BCUT2D eigenvalue weighted by molar-refractivity contribution is 6.00. The molecule has 1 aliphatic rings. The largest absolute Gasteiger partial charge is 0.424 e. The fourth-order valence-electron chi connectivity index (χ4n) is 12.3. The molecule has 0 saturated carbocycles. The van der Waals surface area contributed by atoms with Crippen molar-refractivity contribution in [3.05, 3.63) is 35.9 Å². The minimum absolute atomic E-state index is 0.0284. The molecule has 0 bridgehead atoms. The molecule has 29 heteroatoms. The van der Waals surface area contributed by atoms with Crippen molar-refractivity contribution in [1.82, 2.24) is 60.6 Å². The maximum Gasteiger partial charge on any atom is 0.292 e. The number of rotatable bonds is 22. The number of aliphatic hydroxyl groups is 1. The van der Waals surface area contributed by atoms with Crippen molar-refractivity contribution in [1.29, 1.82) is 0 Å². The average Bonchev–Trinajstić information content (AvgIpc) is 1.41. The first-order valence-corrected chi connectivity index (χ1v) is 35.4. The zero-order valence-electron chi connectivity index (χ0n) is 64.2. The number of hydrogen-bond donors (Lipinski definition) is 6. The number of nitrogens with zero attached hydrogens (tertiary/aromatic N) is 9. The van der Waals surface area contributed by atoms with Crippen molar-refractivity contribution in [2.75, 3.05) is 68.2 Å². The summed E-state index contributed by atoms with van der Waals surface area (Å²) in [7, 11) is 9.74. The predicted molar refractivity (Wildman–Crippen MR) is 385 cm³/mol. The molecule has 29 nitrogen and oxygen atoms in total. The maximum atomic E-state index is 15.3. The third-order valence-corrected chi connectivity index (χ3v) is 18.4. The van der Waals surface area contributed by atoms with Crippen LogP contribution in [0.15, 0.2) is 39.9 Å². The molecule has 0 aliphatic carbocycles. The monoisotopic (exact) mass is 1420 g/mol. The Morgan fingerprint density at radius 2 is 1.16 bits per heavy atom. The second-order valence-electron chi connectivity index (χ2n) is 29.0. The van der Waals surface area contributed by atoms with E-state index in [-0.39, 0.29) is 69.1 Å². The van der Waals surface area contributed by atoms with E-state index < -0.39 is 162 Å². The maximum absolute atomic E-state index is 15.3. The first-order valence-electron chi connectivity index (χ1n) is 35.4. The Bertz CT molecular complexity index is 3190. The first kappa shape index (κ1) is 87.0. The van der Waals surface area contributed by atoms with Crippen molar-refractivity contribution in [2.24, 2.45) is 40.7 Å². The number of anilines is 1. The number of nitrogens with one attached hydrogen (secondary N) is 4. The Kier molecular flexibility index (Phi) is 34.8. The number of nitrogen functional groups attached to an aromatic ring is 1. The molecule has 0 spiro atoms. The highest BCUT2D eigenvalue weighted by atomic mass is 16.6. The number of benzene rings is 1. The van der Waals surface area contributed by atoms with Gasteiger partial charge >= 0.3 is 0 Å². The van der Waals surface area contributed by atoms with Crippen LogP contribution in [0, 0.1) is 35.5 Å². The second-order valence-corrected chi connectivity index (χ2v) is 29.0. The minimum atomic E-state index is -1.66. The van der Waals surface area contributed by atoms with Gasteiger partial charge in [-0.05, 0) is 126 Å². The third-order valence-electron chi connectivity index (χ3n) is 18.4. The van der Waals surface area contributed by atoms with E-state index in [2.05, 4.69) is 31.4 Å². The summed E-state index contributed by atoms with van der Waals surface area (Å²) in [6.45, 7) is 27.0. The average molecular weight is 1420 g/mol. The topological polar surface area (TPSA) is 362 Å². The molecule has 1 saturated heterocycles. The molecular weight excluding hydrogens is 1300 g/mol. The molecule has 2 aromatic rings. The molecule has 0 unspecified atom stereocenters. The molecule has 7 N–H and O–H groups in total. The van der Waals surface area contributed by atoms with Gasteiger partial charge in [-0.15, -0.1) is 0 Å². The van der Waals surface area contributed by atoms with Crippen LogP contribution in [0.3, 0.4) is 0 Å². The molecule has 13 atom stereocenters. The van der Waals surface area contributed by atoms with Crippen molar-refractivity contribution < 1.29 is 71.8 Å². The van der Waals surface area contributed by atoms with E-state index >= 15 is 19.2 Å². The number of unbranched alkanes of at least 4 members (excludes halogenated alkanes) is 1. The number of nitrogens with two attached hydrogens (primary N) is 1. The molecule has 2 heterocycles. The van der Waals surface area contributed by atoms with E-state index in [0.29, 0.717) is 23.9 Å². The molecule has 1 fully saturated rings. The summed E-state index contributed by atoms with van der Waals surface area (Å²) in [6.07, 6.45) is 3.88. The van der Waals surface area contributed by atoms with E-state index in [9.17, 15) is 38.7 Å². The summed E-state index contributed by atoms with van der Waals surface area (Å²) in [4.78, 5) is 181. The molecule has 568 valence electrons. The summed E-state index contributed by atoms with van der Waals surface area (Å²) < 4.78 is 11.6. The van der Waals surface area contributed by atoms with Crippen LogP contribution in [0.2, 0.25) is 0 Å². The normalized spacial score (nSPS) is 24.9. The van der Waals surface area contributed by atoms with E-state index in [1.165, 1.54) is 82.8 Å². The summed E-state index contributed by atoms with van der Waals surface area (Å²) >= 11 is 0. The predicted octanol–water partition coefficient (Wildman–Crippen LogP) is 4.33. The molecule has 0 radical (unpaired) electrons. The van der Waals surface area contributed by atoms with E-state index in [1.54, 1.807) is 92.0 Å². The van der Waals surface area contributed by atoms with Crippen molar-refractivity contribution in [3.8, 4) is 0 Å². The van der Waals surface area contributed by atoms with Gasteiger partial charge in [-0.2, -0.15) is 4.98 Å². The van der Waals surface area contributed by atoms with Crippen LogP contribution < -0.4 is 27.0 Å². The summed E-state index contributed by atoms with van der Waals surface area (Å²) in [5.41, 5.74) is 7.56.